The lowest BCUT2D eigenvalue weighted by Crippen LogP contribution is -2.60. The van der Waals surface area contributed by atoms with Gasteiger partial charge in [0.05, 0.1) is 31.1 Å². The molecular formula is C45H79N17O11. The maximum Gasteiger partial charge on any atom is 0.331 e. The van der Waals surface area contributed by atoms with E-state index in [1.165, 1.54) is 30.4 Å². The van der Waals surface area contributed by atoms with E-state index >= 15 is 0 Å². The smallest absolute Gasteiger partial charge is 0.331 e. The largest absolute Gasteiger partial charge is 0.478 e. The molecule has 2 heterocycles. The first-order chi connectivity index (χ1) is 34.8. The highest BCUT2D eigenvalue weighted by Crippen LogP contribution is 2.21. The number of aromatic nitrogens is 2. The number of aromatic amines is 1. The molecular weight excluding hydrogens is 955 g/mol. The number of aliphatic hydroxyl groups is 1. The lowest BCUT2D eigenvalue weighted by molar-refractivity contribution is -0.142. The number of hydrogen-bond donors (Lipinski definition) is 16. The van der Waals surface area contributed by atoms with Crippen LogP contribution in [0.5, 0.6) is 0 Å². The van der Waals surface area contributed by atoms with Crippen LogP contribution in [0.4, 0.5) is 0 Å². The molecule has 1 aliphatic rings. The molecule has 0 unspecified atom stereocenters. The minimum absolute atomic E-state index is 0.0347. The van der Waals surface area contributed by atoms with Crippen LogP contribution < -0.4 is 72.0 Å². The molecule has 8 atom stereocenters. The molecule has 0 radical (unpaired) electrons. The Labute approximate surface area is 424 Å². The summed E-state index contributed by atoms with van der Waals surface area (Å²) in [6.07, 6.45) is 6.03. The number of nitrogens with one attached hydrogen (secondary N) is 7. The first-order valence-electron chi connectivity index (χ1n) is 24.6. The van der Waals surface area contributed by atoms with Gasteiger partial charge in [-0.25, -0.2) is 9.78 Å². The van der Waals surface area contributed by atoms with Crippen molar-refractivity contribution in [3.05, 3.63) is 29.9 Å². The van der Waals surface area contributed by atoms with Gasteiger partial charge in [-0.15, -0.1) is 0 Å². The molecule has 0 aromatic carbocycles. The van der Waals surface area contributed by atoms with Crippen molar-refractivity contribution in [3.63, 3.8) is 0 Å². The van der Waals surface area contributed by atoms with E-state index in [9.17, 15) is 53.4 Å². The molecule has 410 valence electrons. The number of carboxylic acids is 1. The lowest BCUT2D eigenvalue weighted by Gasteiger charge is -2.30. The minimum atomic E-state index is -1.56. The van der Waals surface area contributed by atoms with E-state index in [1.54, 1.807) is 0 Å². The molecule has 0 aliphatic carbocycles. The number of guanidine groups is 1. The number of likely N-dealkylation sites (tertiary alicyclic amines) is 1. The topological polar surface area (TPSA) is 493 Å². The molecule has 1 aromatic rings. The quantitative estimate of drug-likeness (QED) is 0.0129. The summed E-state index contributed by atoms with van der Waals surface area (Å²) in [5, 5.41) is 35.4. The summed E-state index contributed by atoms with van der Waals surface area (Å²) < 4.78 is 0. The number of unbranched alkanes of at least 4 members (excludes halogenated alkanes) is 2. The van der Waals surface area contributed by atoms with Crippen molar-refractivity contribution >= 4 is 59.1 Å². The molecule has 1 saturated heterocycles. The number of imidazole rings is 1. The number of amides is 7. The fraction of sp³-hybridized carbons (Fsp3) is 0.667. The van der Waals surface area contributed by atoms with Crippen molar-refractivity contribution in [3.8, 4) is 0 Å². The highest BCUT2D eigenvalue weighted by atomic mass is 16.4. The van der Waals surface area contributed by atoms with Crippen LogP contribution >= 0.6 is 0 Å². The second-order valence-electron chi connectivity index (χ2n) is 17.7. The molecule has 2 rings (SSSR count). The molecule has 73 heavy (non-hydrogen) atoms. The van der Waals surface area contributed by atoms with Gasteiger partial charge < -0.3 is 92.1 Å². The number of aliphatic imine (C=N–C) groups is 1. The summed E-state index contributed by atoms with van der Waals surface area (Å²) >= 11 is 0. The molecule has 1 fully saturated rings. The van der Waals surface area contributed by atoms with E-state index in [1.807, 2.05) is 0 Å². The number of aliphatic carboxylic acids is 1. The summed E-state index contributed by atoms with van der Waals surface area (Å²) in [7, 11) is 0. The maximum atomic E-state index is 14.2. The van der Waals surface area contributed by atoms with Crippen LogP contribution in [0.2, 0.25) is 0 Å². The molecule has 0 spiro atoms. The zero-order chi connectivity index (χ0) is 54.5. The Balaban J connectivity index is 2.18. The van der Waals surface area contributed by atoms with Gasteiger partial charge in [0.1, 0.15) is 30.2 Å². The van der Waals surface area contributed by atoms with Gasteiger partial charge in [-0.3, -0.25) is 43.3 Å². The van der Waals surface area contributed by atoms with Gasteiger partial charge in [-0.1, -0.05) is 12.5 Å². The number of carbonyl (C=O) groups is 9. The van der Waals surface area contributed by atoms with Crippen LogP contribution in [-0.2, 0) is 49.6 Å². The predicted molar refractivity (Wildman–Crippen MR) is 268 cm³/mol. The van der Waals surface area contributed by atoms with E-state index in [-0.39, 0.29) is 89.0 Å². The van der Waals surface area contributed by atoms with Crippen molar-refractivity contribution in [1.82, 2.24) is 46.8 Å². The van der Waals surface area contributed by atoms with E-state index in [0.717, 1.165) is 0 Å². The number of rotatable bonds is 36. The number of aliphatic hydroxyl groups excluding tert-OH is 1. The molecule has 23 N–H and O–H groups in total. The Bertz CT molecular complexity index is 2020. The Morgan fingerprint density at radius 1 is 0.822 bits per heavy atom. The molecule has 0 bridgehead atoms. The van der Waals surface area contributed by atoms with Crippen molar-refractivity contribution in [1.29, 1.82) is 0 Å². The van der Waals surface area contributed by atoms with Gasteiger partial charge in [0, 0.05) is 49.9 Å². The fourth-order valence-electron chi connectivity index (χ4n) is 7.72. The Kier molecular flexibility index (Phi) is 29.1. The average molecular weight is 1030 g/mol. The molecule has 28 heteroatoms. The van der Waals surface area contributed by atoms with Gasteiger partial charge in [0.25, 0.3) is 0 Å². The number of carboxylic acid groups (broad SMARTS) is 1. The molecule has 0 saturated carbocycles. The van der Waals surface area contributed by atoms with Crippen LogP contribution in [0, 0.1) is 0 Å². The number of H-pyrrole nitrogens is 1. The van der Waals surface area contributed by atoms with Gasteiger partial charge in [0.15, 0.2) is 11.7 Å². The fourth-order valence-corrected chi connectivity index (χ4v) is 7.72. The zero-order valence-electron chi connectivity index (χ0n) is 41.7. The van der Waals surface area contributed by atoms with Crippen LogP contribution in [0.15, 0.2) is 29.2 Å². The van der Waals surface area contributed by atoms with Crippen molar-refractivity contribution < 1.29 is 53.4 Å². The summed E-state index contributed by atoms with van der Waals surface area (Å²) in [4.78, 5) is 132. The maximum absolute atomic E-state index is 14.2. The first-order valence-corrected chi connectivity index (χ1v) is 24.6. The number of Topliss-reactive ketones (excluding diaryl/α,β-unsaturated/α-hetero) is 1. The third-order valence-corrected chi connectivity index (χ3v) is 11.9. The highest BCUT2D eigenvalue weighted by molar-refractivity contribution is 5.98. The molecule has 1 aliphatic heterocycles. The SMILES string of the molecule is C[C@H](NC(=O)[C@@H](NC(=O)[C@@H](N)CCCCN)[C@@H](O)CN)C(=O)NCC(=O)N[C@H](CCCN)C(=O)N1CCC[C@H]1C(=O)N[C@@H](Cc1cnc[nH]1)C(=O)N[C@@H](CCCCN)C(=O)CC/C(=C\CCN=C(N)N)C(=O)O. The van der Waals surface area contributed by atoms with E-state index in [4.69, 9.17) is 40.1 Å². The minimum Gasteiger partial charge on any atom is -0.478 e. The van der Waals surface area contributed by atoms with Gasteiger partial charge in [-0.05, 0) is 97.2 Å². The summed E-state index contributed by atoms with van der Waals surface area (Å²) in [6.45, 7) is 1.38. The Hall–Kier alpha value is -6.59. The normalized spacial score (nSPS) is 16.3. The molecule has 28 nitrogen and oxygen atoms in total. The number of hydrogen-bond acceptors (Lipinski definition) is 17. The third kappa shape index (κ3) is 22.8. The Morgan fingerprint density at radius 3 is 2.11 bits per heavy atom. The standard InChI is InChI=1S/C45H79N17O11/c1-26(57-42(70)37(35(64)22-49)61-39(67)29(50)10-2-4-16-46)38(66)55-24-36(65)58-31(12-6-18-48)43(71)62-20-8-13-33(62)41(69)60-32(21-28-23-53-25-56-28)40(68)59-30(11-3-5-17-47)34(63)15-14-27(44(72)73)9-7-19-54-45(51)52/h9,23,25-26,29-33,35,37,64H,2-8,10-22,24,46-50H2,1H3,(H,53,56)(H,55,66)(H,57,70)(H,58,65)(H,59,68)(H,60,69)(H,61,67)(H,72,73)(H4,51,52,54)/b27-9+/t26-,29-,30-,31+,32-,33-,35-,37-/m0/s1. The monoisotopic (exact) mass is 1030 g/mol. The van der Waals surface area contributed by atoms with Crippen LogP contribution in [-0.4, -0.2) is 178 Å². The van der Waals surface area contributed by atoms with Crippen LogP contribution in [0.1, 0.15) is 96.1 Å². The first kappa shape index (κ1) is 62.5. The van der Waals surface area contributed by atoms with Crippen LogP contribution in [0.3, 0.4) is 0 Å². The molecule has 1 aromatic heterocycles. The summed E-state index contributed by atoms with van der Waals surface area (Å²) in [5.41, 5.74) is 39.5. The van der Waals surface area contributed by atoms with Gasteiger partial charge in [-0.2, -0.15) is 0 Å². The number of ketones is 1. The van der Waals surface area contributed by atoms with Gasteiger partial charge in [0.2, 0.25) is 41.4 Å². The zero-order valence-corrected chi connectivity index (χ0v) is 41.7. The van der Waals surface area contributed by atoms with E-state index in [2.05, 4.69) is 46.9 Å². The average Bonchev–Trinajstić information content (AvgIpc) is 4.08. The number of nitrogens with zero attached hydrogens (tertiary/aromatic N) is 3. The van der Waals surface area contributed by atoms with E-state index in [0.29, 0.717) is 50.9 Å². The second-order valence-corrected chi connectivity index (χ2v) is 17.7. The van der Waals surface area contributed by atoms with Crippen molar-refractivity contribution in [2.75, 3.05) is 45.8 Å². The molecule has 7 amide bonds. The van der Waals surface area contributed by atoms with Crippen molar-refractivity contribution in [2.45, 2.75) is 145 Å². The van der Waals surface area contributed by atoms with E-state index < -0.39 is 115 Å². The summed E-state index contributed by atoms with van der Waals surface area (Å²) in [5.74, 6) is -7.15. The van der Waals surface area contributed by atoms with Gasteiger partial charge >= 0.3 is 5.97 Å². The van der Waals surface area contributed by atoms with Crippen molar-refractivity contribution in [2.24, 2.45) is 45.1 Å². The highest BCUT2D eigenvalue weighted by Gasteiger charge is 2.39. The lowest BCUT2D eigenvalue weighted by atomic mass is 9.98. The Morgan fingerprint density at radius 2 is 1.49 bits per heavy atom. The predicted octanol–water partition coefficient (Wildman–Crippen LogP) is -5.83. The third-order valence-electron chi connectivity index (χ3n) is 11.9. The number of nitrogens with two attached hydrogens (primary N) is 7. The number of carbonyl (C=O) groups excluding carboxylic acids is 8. The second kappa shape index (κ2) is 33.9. The van der Waals surface area contributed by atoms with Crippen LogP contribution in [0.25, 0.3) is 0 Å². The summed E-state index contributed by atoms with van der Waals surface area (Å²) in [6, 6.07) is -8.47.